The first kappa shape index (κ1) is 22.0. The molecule has 0 N–H and O–H groups in total. The summed E-state index contributed by atoms with van der Waals surface area (Å²) in [6.07, 6.45) is 10.0. The van der Waals surface area contributed by atoms with Crippen LogP contribution in [0.2, 0.25) is 0 Å². The zero-order valence-corrected chi connectivity index (χ0v) is 16.8. The number of unbranched alkanes of at least 4 members (excludes halogenated alkanes) is 6. The molecule has 0 aromatic carbocycles. The van der Waals surface area contributed by atoms with Crippen LogP contribution in [0.15, 0.2) is 0 Å². The van der Waals surface area contributed by atoms with Crippen molar-refractivity contribution in [1.29, 1.82) is 0 Å². The van der Waals surface area contributed by atoms with Gasteiger partial charge in [-0.05, 0) is 30.6 Å². The van der Waals surface area contributed by atoms with Crippen molar-refractivity contribution in [2.24, 2.45) is 17.3 Å². The van der Waals surface area contributed by atoms with Gasteiger partial charge in [0.05, 0.1) is 19.1 Å². The van der Waals surface area contributed by atoms with Gasteiger partial charge >= 0.3 is 11.9 Å². The first-order valence-corrected chi connectivity index (χ1v) is 10.3. The molecule has 0 aliphatic heterocycles. The van der Waals surface area contributed by atoms with Crippen LogP contribution < -0.4 is 0 Å². The second-order valence-corrected chi connectivity index (χ2v) is 8.02. The van der Waals surface area contributed by atoms with E-state index in [1.165, 1.54) is 25.7 Å². The molecule has 146 valence electrons. The highest BCUT2D eigenvalue weighted by Gasteiger charge is 2.53. The molecule has 1 rings (SSSR count). The maximum Gasteiger partial charge on any atom is 0.309 e. The van der Waals surface area contributed by atoms with Crippen molar-refractivity contribution >= 4 is 11.9 Å². The van der Waals surface area contributed by atoms with Crippen LogP contribution in [0.4, 0.5) is 0 Å². The lowest BCUT2D eigenvalue weighted by Gasteiger charge is -2.50. The Morgan fingerprint density at radius 1 is 0.880 bits per heavy atom. The van der Waals surface area contributed by atoms with Crippen LogP contribution in [0.1, 0.15) is 91.9 Å². The molecule has 4 nitrogen and oxygen atoms in total. The van der Waals surface area contributed by atoms with Crippen LogP contribution in [0.5, 0.6) is 0 Å². The summed E-state index contributed by atoms with van der Waals surface area (Å²) < 4.78 is 10.8. The van der Waals surface area contributed by atoms with Gasteiger partial charge in [0.25, 0.3) is 0 Å². The monoisotopic (exact) mass is 354 g/mol. The molecule has 0 heterocycles. The average molecular weight is 355 g/mol. The van der Waals surface area contributed by atoms with E-state index in [4.69, 9.17) is 9.47 Å². The molecule has 1 fully saturated rings. The molecule has 1 saturated carbocycles. The second kappa shape index (κ2) is 11.5. The summed E-state index contributed by atoms with van der Waals surface area (Å²) in [5.74, 6) is -0.0825. The van der Waals surface area contributed by atoms with E-state index in [0.29, 0.717) is 19.6 Å². The average Bonchev–Trinajstić information content (AvgIpc) is 2.57. The molecule has 1 aliphatic rings. The van der Waals surface area contributed by atoms with Crippen molar-refractivity contribution in [2.45, 2.75) is 91.9 Å². The van der Waals surface area contributed by atoms with Crippen molar-refractivity contribution < 1.29 is 19.1 Å². The molecular formula is C21H38O4. The number of hydrogen-bond donors (Lipinski definition) is 0. The summed E-state index contributed by atoms with van der Waals surface area (Å²) >= 11 is 0. The van der Waals surface area contributed by atoms with Gasteiger partial charge in [0.15, 0.2) is 0 Å². The number of carbonyl (C=O) groups is 2. The molecule has 0 saturated heterocycles. The van der Waals surface area contributed by atoms with Gasteiger partial charge in [0.1, 0.15) is 0 Å². The highest BCUT2D eigenvalue weighted by atomic mass is 16.5. The van der Waals surface area contributed by atoms with Gasteiger partial charge in [0, 0.05) is 6.42 Å². The van der Waals surface area contributed by atoms with E-state index >= 15 is 0 Å². The predicted octanol–water partition coefficient (Wildman–Crippen LogP) is 5.29. The Morgan fingerprint density at radius 2 is 1.44 bits per heavy atom. The Kier molecular flexibility index (Phi) is 10.1. The van der Waals surface area contributed by atoms with Gasteiger partial charge in [-0.15, -0.1) is 0 Å². The van der Waals surface area contributed by atoms with Crippen molar-refractivity contribution in [3.8, 4) is 0 Å². The van der Waals surface area contributed by atoms with Gasteiger partial charge in [-0.1, -0.05) is 66.2 Å². The van der Waals surface area contributed by atoms with E-state index in [0.717, 1.165) is 32.1 Å². The van der Waals surface area contributed by atoms with Crippen LogP contribution in [-0.2, 0) is 19.1 Å². The summed E-state index contributed by atoms with van der Waals surface area (Å²) in [4.78, 5) is 24.2. The molecule has 0 spiro atoms. The van der Waals surface area contributed by atoms with E-state index < -0.39 is 0 Å². The lowest BCUT2D eigenvalue weighted by Crippen LogP contribution is -2.50. The first-order chi connectivity index (χ1) is 11.9. The zero-order valence-electron chi connectivity index (χ0n) is 16.8. The van der Waals surface area contributed by atoms with Gasteiger partial charge < -0.3 is 9.47 Å². The highest BCUT2D eigenvalue weighted by molar-refractivity contribution is 5.76. The van der Waals surface area contributed by atoms with Crippen molar-refractivity contribution in [1.82, 2.24) is 0 Å². The minimum absolute atomic E-state index is 0.0824. The molecule has 0 unspecified atom stereocenters. The van der Waals surface area contributed by atoms with Crippen LogP contribution in [0.25, 0.3) is 0 Å². The molecule has 2 atom stereocenters. The summed E-state index contributed by atoms with van der Waals surface area (Å²) in [5.41, 5.74) is -0.179. The SMILES string of the molecule is CCCCCCOC(=O)C[C@H]1C[C@@H](C(=O)OCCCCCC)C1(C)C. The summed E-state index contributed by atoms with van der Waals surface area (Å²) in [6.45, 7) is 9.51. The zero-order chi connectivity index (χ0) is 18.7. The fourth-order valence-corrected chi connectivity index (χ4v) is 3.54. The molecule has 25 heavy (non-hydrogen) atoms. The smallest absolute Gasteiger partial charge is 0.309 e. The fourth-order valence-electron chi connectivity index (χ4n) is 3.54. The van der Waals surface area contributed by atoms with Crippen molar-refractivity contribution in [3.05, 3.63) is 0 Å². The predicted molar refractivity (Wildman–Crippen MR) is 100 cm³/mol. The molecule has 0 aromatic heterocycles. The Balaban J connectivity index is 2.23. The van der Waals surface area contributed by atoms with Gasteiger partial charge in [0.2, 0.25) is 0 Å². The van der Waals surface area contributed by atoms with Gasteiger partial charge in [-0.2, -0.15) is 0 Å². The largest absolute Gasteiger partial charge is 0.466 e. The number of carbonyl (C=O) groups excluding carboxylic acids is 2. The summed E-state index contributed by atoms with van der Waals surface area (Å²) in [7, 11) is 0. The Morgan fingerprint density at radius 3 is 1.96 bits per heavy atom. The van der Waals surface area contributed by atoms with E-state index in [2.05, 4.69) is 27.7 Å². The lowest BCUT2D eigenvalue weighted by molar-refractivity contribution is -0.170. The summed E-state index contributed by atoms with van der Waals surface area (Å²) in [5, 5.41) is 0. The number of ether oxygens (including phenoxy) is 2. The highest BCUT2D eigenvalue weighted by Crippen LogP contribution is 2.53. The van der Waals surface area contributed by atoms with Crippen molar-refractivity contribution in [3.63, 3.8) is 0 Å². The first-order valence-electron chi connectivity index (χ1n) is 10.3. The molecule has 1 aliphatic carbocycles. The molecule has 4 heteroatoms. The third kappa shape index (κ3) is 7.37. The van der Waals surface area contributed by atoms with Gasteiger partial charge in [-0.25, -0.2) is 0 Å². The summed E-state index contributed by atoms with van der Waals surface area (Å²) in [6, 6.07) is 0. The fraction of sp³-hybridized carbons (Fsp3) is 0.905. The lowest BCUT2D eigenvalue weighted by atomic mass is 9.54. The Labute approximate surface area is 154 Å². The van der Waals surface area contributed by atoms with Crippen LogP contribution in [0.3, 0.4) is 0 Å². The van der Waals surface area contributed by atoms with Crippen molar-refractivity contribution in [2.75, 3.05) is 13.2 Å². The van der Waals surface area contributed by atoms with Crippen LogP contribution >= 0.6 is 0 Å². The topological polar surface area (TPSA) is 52.6 Å². The maximum absolute atomic E-state index is 12.2. The number of rotatable bonds is 13. The third-order valence-corrected chi connectivity index (χ3v) is 5.67. The number of hydrogen-bond acceptors (Lipinski definition) is 4. The van der Waals surface area contributed by atoms with E-state index in [-0.39, 0.29) is 29.2 Å². The Bertz CT molecular complexity index is 403. The minimum Gasteiger partial charge on any atom is -0.466 e. The second-order valence-electron chi connectivity index (χ2n) is 8.02. The standard InChI is InChI=1S/C21H38O4/c1-5-7-9-11-13-24-19(22)16-17-15-18(21(17,3)4)20(23)25-14-12-10-8-6-2/h17-18H,5-16H2,1-4H3/t17-,18+/m1/s1. The molecular weight excluding hydrogens is 316 g/mol. The minimum atomic E-state index is -0.179. The maximum atomic E-state index is 12.2. The van der Waals surface area contributed by atoms with Crippen LogP contribution in [-0.4, -0.2) is 25.2 Å². The third-order valence-electron chi connectivity index (χ3n) is 5.67. The van der Waals surface area contributed by atoms with E-state index in [1.807, 2.05) is 0 Å². The quantitative estimate of drug-likeness (QED) is 0.333. The molecule has 0 bridgehead atoms. The molecule has 0 amide bonds. The normalized spacial score (nSPS) is 21.4. The van der Waals surface area contributed by atoms with Crippen LogP contribution in [0, 0.1) is 17.3 Å². The molecule has 0 aromatic rings. The molecule has 0 radical (unpaired) electrons. The van der Waals surface area contributed by atoms with Gasteiger partial charge in [-0.3, -0.25) is 9.59 Å². The van der Waals surface area contributed by atoms with E-state index in [9.17, 15) is 9.59 Å². The van der Waals surface area contributed by atoms with E-state index in [1.54, 1.807) is 0 Å². The Hall–Kier alpha value is -1.06. The number of esters is 2.